The zero-order valence-electron chi connectivity index (χ0n) is 12.2. The molecule has 0 radical (unpaired) electrons. The Morgan fingerprint density at radius 1 is 1.33 bits per heavy atom. The van der Waals surface area contributed by atoms with Gasteiger partial charge in [-0.2, -0.15) is 0 Å². The van der Waals surface area contributed by atoms with Gasteiger partial charge in [0.15, 0.2) is 0 Å². The van der Waals surface area contributed by atoms with Gasteiger partial charge < -0.3 is 14.6 Å². The molecule has 0 aliphatic heterocycles. The molecule has 2 atom stereocenters. The van der Waals surface area contributed by atoms with Crippen molar-refractivity contribution >= 4 is 5.97 Å². The van der Waals surface area contributed by atoms with E-state index in [1.54, 1.807) is 14.0 Å². The van der Waals surface area contributed by atoms with Crippen molar-refractivity contribution in [3.8, 4) is 0 Å². The van der Waals surface area contributed by atoms with Crippen LogP contribution in [0.3, 0.4) is 0 Å². The van der Waals surface area contributed by atoms with E-state index in [4.69, 9.17) is 9.47 Å². The number of aliphatic carboxylic acids is 1. The molecule has 0 aromatic rings. The first-order valence-electron chi connectivity index (χ1n) is 6.43. The van der Waals surface area contributed by atoms with Crippen LogP contribution in [0.4, 0.5) is 0 Å². The monoisotopic (exact) mass is 261 g/mol. The number of methoxy groups -OCH3 is 1. The largest absolute Gasteiger partial charge is 0.480 e. The summed E-state index contributed by atoms with van der Waals surface area (Å²) in [5.41, 5.74) is -0.950. The van der Waals surface area contributed by atoms with Gasteiger partial charge in [0.2, 0.25) is 0 Å². The van der Waals surface area contributed by atoms with Crippen LogP contribution in [-0.2, 0) is 14.3 Å². The van der Waals surface area contributed by atoms with E-state index in [1.807, 2.05) is 20.8 Å². The lowest BCUT2D eigenvalue weighted by Gasteiger charge is -2.31. The highest BCUT2D eigenvalue weighted by atomic mass is 16.5. The number of nitrogens with one attached hydrogen (secondary N) is 1. The van der Waals surface area contributed by atoms with Crippen LogP contribution in [0.5, 0.6) is 0 Å². The maximum Gasteiger partial charge on any atom is 0.323 e. The summed E-state index contributed by atoms with van der Waals surface area (Å²) in [6, 6.07) is 0.117. The van der Waals surface area contributed by atoms with Crippen molar-refractivity contribution in [2.75, 3.05) is 20.3 Å². The van der Waals surface area contributed by atoms with E-state index < -0.39 is 11.5 Å². The van der Waals surface area contributed by atoms with Gasteiger partial charge in [-0.25, -0.2) is 0 Å². The predicted octanol–water partition coefficient (Wildman–Crippen LogP) is 1.66. The molecule has 18 heavy (non-hydrogen) atoms. The zero-order valence-corrected chi connectivity index (χ0v) is 12.2. The van der Waals surface area contributed by atoms with Crippen LogP contribution in [0.2, 0.25) is 0 Å². The summed E-state index contributed by atoms with van der Waals surface area (Å²) in [6.45, 7) is 8.72. The molecule has 5 heteroatoms. The second kappa shape index (κ2) is 8.45. The zero-order chi connectivity index (χ0) is 14.2. The average molecular weight is 261 g/mol. The minimum atomic E-state index is -0.950. The van der Waals surface area contributed by atoms with E-state index in [0.29, 0.717) is 19.6 Å². The van der Waals surface area contributed by atoms with Crippen LogP contribution >= 0.6 is 0 Å². The van der Waals surface area contributed by atoms with Gasteiger partial charge >= 0.3 is 5.97 Å². The Bertz CT molecular complexity index is 245. The van der Waals surface area contributed by atoms with E-state index in [2.05, 4.69) is 5.32 Å². The first-order valence-corrected chi connectivity index (χ1v) is 6.43. The van der Waals surface area contributed by atoms with E-state index in [9.17, 15) is 9.90 Å². The van der Waals surface area contributed by atoms with Gasteiger partial charge in [-0.3, -0.25) is 10.1 Å². The Kier molecular flexibility index (Phi) is 8.15. The van der Waals surface area contributed by atoms with Crippen molar-refractivity contribution in [2.45, 2.75) is 58.2 Å². The molecule has 0 aromatic heterocycles. The fourth-order valence-corrected chi connectivity index (χ4v) is 1.97. The topological polar surface area (TPSA) is 67.8 Å². The number of rotatable bonds is 10. The molecule has 0 bridgehead atoms. The van der Waals surface area contributed by atoms with E-state index in [0.717, 1.165) is 6.42 Å². The van der Waals surface area contributed by atoms with Gasteiger partial charge in [0.1, 0.15) is 5.54 Å². The molecule has 0 spiro atoms. The van der Waals surface area contributed by atoms with Gasteiger partial charge in [-0.15, -0.1) is 0 Å². The molecule has 0 fully saturated rings. The Balaban J connectivity index is 4.19. The summed E-state index contributed by atoms with van der Waals surface area (Å²) in [6.07, 6.45) is 1.16. The average Bonchev–Trinajstić information content (AvgIpc) is 2.23. The minimum Gasteiger partial charge on any atom is -0.480 e. The molecule has 2 unspecified atom stereocenters. The van der Waals surface area contributed by atoms with Crippen LogP contribution in [-0.4, -0.2) is 49.1 Å². The van der Waals surface area contributed by atoms with Crippen molar-refractivity contribution in [1.82, 2.24) is 5.32 Å². The number of hydrogen-bond donors (Lipinski definition) is 2. The molecule has 0 aromatic carbocycles. The van der Waals surface area contributed by atoms with Crippen molar-refractivity contribution < 1.29 is 19.4 Å². The lowest BCUT2D eigenvalue weighted by molar-refractivity contribution is -0.146. The van der Waals surface area contributed by atoms with E-state index in [-0.39, 0.29) is 12.1 Å². The lowest BCUT2D eigenvalue weighted by Crippen LogP contribution is -2.54. The molecule has 0 aliphatic rings. The quantitative estimate of drug-likeness (QED) is 0.585. The first-order chi connectivity index (χ1) is 8.31. The second-order valence-electron chi connectivity index (χ2n) is 5.17. The Morgan fingerprint density at radius 2 is 1.94 bits per heavy atom. The normalized spacial score (nSPS) is 16.6. The SMILES string of the molecule is COCCCOC(C)CC(C)(NC(C)C)C(=O)O. The Morgan fingerprint density at radius 3 is 2.39 bits per heavy atom. The summed E-state index contributed by atoms with van der Waals surface area (Å²) in [5, 5.41) is 12.4. The van der Waals surface area contributed by atoms with Crippen molar-refractivity contribution in [3.63, 3.8) is 0 Å². The van der Waals surface area contributed by atoms with E-state index in [1.165, 1.54) is 0 Å². The van der Waals surface area contributed by atoms with Crippen molar-refractivity contribution in [1.29, 1.82) is 0 Å². The van der Waals surface area contributed by atoms with Gasteiger partial charge in [0.05, 0.1) is 6.10 Å². The predicted molar refractivity (Wildman–Crippen MR) is 70.8 cm³/mol. The van der Waals surface area contributed by atoms with Crippen molar-refractivity contribution in [2.24, 2.45) is 0 Å². The standard InChI is InChI=1S/C13H27NO4/c1-10(2)14-13(4,12(15)16)9-11(3)18-8-6-7-17-5/h10-11,14H,6-9H2,1-5H3,(H,15,16). The van der Waals surface area contributed by atoms with Crippen molar-refractivity contribution in [3.05, 3.63) is 0 Å². The summed E-state index contributed by atoms with van der Waals surface area (Å²) >= 11 is 0. The minimum absolute atomic E-state index is 0.103. The highest BCUT2D eigenvalue weighted by Crippen LogP contribution is 2.16. The Labute approximate surface area is 110 Å². The molecule has 0 amide bonds. The maximum atomic E-state index is 11.3. The molecule has 0 aliphatic carbocycles. The third-order valence-corrected chi connectivity index (χ3v) is 2.67. The first kappa shape index (κ1) is 17.4. The molecule has 0 saturated carbocycles. The van der Waals surface area contributed by atoms with Crippen LogP contribution in [0, 0.1) is 0 Å². The summed E-state index contributed by atoms with van der Waals surface area (Å²) in [4.78, 5) is 11.3. The summed E-state index contributed by atoms with van der Waals surface area (Å²) < 4.78 is 10.5. The smallest absolute Gasteiger partial charge is 0.323 e. The molecule has 0 heterocycles. The molecule has 108 valence electrons. The second-order valence-corrected chi connectivity index (χ2v) is 5.17. The number of ether oxygens (including phenoxy) is 2. The molecule has 5 nitrogen and oxygen atoms in total. The van der Waals surface area contributed by atoms with Crippen LogP contribution < -0.4 is 5.32 Å². The summed E-state index contributed by atoms with van der Waals surface area (Å²) in [5.74, 6) is -0.844. The third-order valence-electron chi connectivity index (χ3n) is 2.67. The Hall–Kier alpha value is -0.650. The lowest BCUT2D eigenvalue weighted by atomic mass is 9.94. The molecule has 2 N–H and O–H groups in total. The van der Waals surface area contributed by atoms with Crippen LogP contribution in [0.1, 0.15) is 40.5 Å². The van der Waals surface area contributed by atoms with Gasteiger partial charge in [-0.05, 0) is 34.1 Å². The van der Waals surface area contributed by atoms with Crippen LogP contribution in [0.25, 0.3) is 0 Å². The highest BCUT2D eigenvalue weighted by molar-refractivity contribution is 5.78. The number of carboxylic acids is 1. The number of hydrogen-bond acceptors (Lipinski definition) is 4. The fraction of sp³-hybridized carbons (Fsp3) is 0.923. The highest BCUT2D eigenvalue weighted by Gasteiger charge is 2.35. The van der Waals surface area contributed by atoms with Crippen LogP contribution in [0.15, 0.2) is 0 Å². The van der Waals surface area contributed by atoms with Gasteiger partial charge in [0.25, 0.3) is 0 Å². The molecule has 0 saturated heterocycles. The number of carboxylic acid groups (broad SMARTS) is 1. The maximum absolute atomic E-state index is 11.3. The van der Waals surface area contributed by atoms with Gasteiger partial charge in [-0.1, -0.05) is 0 Å². The third kappa shape index (κ3) is 6.93. The number of carbonyl (C=O) groups is 1. The van der Waals surface area contributed by atoms with Gasteiger partial charge in [0, 0.05) is 32.8 Å². The molecular formula is C13H27NO4. The van der Waals surface area contributed by atoms with E-state index >= 15 is 0 Å². The summed E-state index contributed by atoms with van der Waals surface area (Å²) in [7, 11) is 1.65. The molecular weight excluding hydrogens is 234 g/mol. The molecule has 0 rings (SSSR count). The fourth-order valence-electron chi connectivity index (χ4n) is 1.97.